The number of ether oxygens (including phenoxy) is 1. The first-order valence-corrected chi connectivity index (χ1v) is 7.04. The van der Waals surface area contributed by atoms with E-state index in [2.05, 4.69) is 10.1 Å². The molecule has 0 aliphatic rings. The first kappa shape index (κ1) is 15.8. The topological polar surface area (TPSA) is 68.5 Å². The van der Waals surface area contributed by atoms with Crippen LogP contribution in [0.1, 0.15) is 30.0 Å². The van der Waals surface area contributed by atoms with Crippen LogP contribution in [-0.4, -0.2) is 25.0 Å². The van der Waals surface area contributed by atoms with Crippen LogP contribution in [0, 0.1) is 0 Å². The second kappa shape index (κ2) is 6.93. The minimum atomic E-state index is -0.494. The minimum Gasteiger partial charge on any atom is -0.463 e. The Bertz CT molecular complexity index is 658. The molecule has 1 aromatic carbocycles. The standard InChI is InChI=1S/C17H19NO4/c1-11(18-12(2)19)10-13-4-6-14(7-5-13)15-8-9-16(22-15)17(20)21-3/h4-9,11H,10H2,1-3H3,(H,18,19). The molecule has 1 aromatic heterocycles. The quantitative estimate of drug-likeness (QED) is 0.862. The number of esters is 1. The monoisotopic (exact) mass is 301 g/mol. The third-order valence-electron chi connectivity index (χ3n) is 3.22. The van der Waals surface area contributed by atoms with Crippen LogP contribution in [0.15, 0.2) is 40.8 Å². The molecule has 0 aliphatic carbocycles. The third-order valence-corrected chi connectivity index (χ3v) is 3.22. The molecule has 5 nitrogen and oxygen atoms in total. The van der Waals surface area contributed by atoms with Gasteiger partial charge in [0.15, 0.2) is 0 Å². The van der Waals surface area contributed by atoms with E-state index >= 15 is 0 Å². The van der Waals surface area contributed by atoms with E-state index in [0.717, 1.165) is 17.5 Å². The Kier molecular flexibility index (Phi) is 4.99. The molecule has 0 spiro atoms. The highest BCUT2D eigenvalue weighted by atomic mass is 16.5. The van der Waals surface area contributed by atoms with Crippen molar-refractivity contribution in [3.63, 3.8) is 0 Å². The summed E-state index contributed by atoms with van der Waals surface area (Å²) in [5.74, 6) is 0.268. The molecule has 5 heteroatoms. The molecule has 0 bridgehead atoms. The fourth-order valence-corrected chi connectivity index (χ4v) is 2.26. The van der Waals surface area contributed by atoms with Crippen LogP contribution in [0.5, 0.6) is 0 Å². The fraction of sp³-hybridized carbons (Fsp3) is 0.294. The molecule has 1 amide bonds. The summed E-state index contributed by atoms with van der Waals surface area (Å²) in [6.45, 7) is 3.47. The summed E-state index contributed by atoms with van der Waals surface area (Å²) >= 11 is 0. The highest BCUT2D eigenvalue weighted by Gasteiger charge is 2.12. The Hall–Kier alpha value is -2.56. The van der Waals surface area contributed by atoms with E-state index in [1.807, 2.05) is 31.2 Å². The van der Waals surface area contributed by atoms with Gasteiger partial charge in [-0.3, -0.25) is 4.79 Å². The van der Waals surface area contributed by atoms with E-state index in [0.29, 0.717) is 5.76 Å². The minimum absolute atomic E-state index is 0.0324. The number of amides is 1. The Morgan fingerprint density at radius 2 is 1.86 bits per heavy atom. The Morgan fingerprint density at radius 3 is 2.45 bits per heavy atom. The molecular weight excluding hydrogens is 282 g/mol. The van der Waals surface area contributed by atoms with E-state index < -0.39 is 5.97 Å². The van der Waals surface area contributed by atoms with E-state index in [4.69, 9.17) is 4.42 Å². The molecule has 22 heavy (non-hydrogen) atoms. The zero-order chi connectivity index (χ0) is 16.1. The average molecular weight is 301 g/mol. The van der Waals surface area contributed by atoms with Crippen molar-refractivity contribution in [2.75, 3.05) is 7.11 Å². The molecule has 0 saturated heterocycles. The van der Waals surface area contributed by atoms with Gasteiger partial charge in [-0.05, 0) is 31.0 Å². The van der Waals surface area contributed by atoms with Gasteiger partial charge in [-0.1, -0.05) is 24.3 Å². The van der Waals surface area contributed by atoms with Crippen molar-refractivity contribution < 1.29 is 18.7 Å². The van der Waals surface area contributed by atoms with Crippen LogP contribution < -0.4 is 5.32 Å². The summed E-state index contributed by atoms with van der Waals surface area (Å²) in [6, 6.07) is 11.2. The van der Waals surface area contributed by atoms with E-state index in [9.17, 15) is 9.59 Å². The predicted molar refractivity (Wildman–Crippen MR) is 82.5 cm³/mol. The van der Waals surface area contributed by atoms with Gasteiger partial charge in [-0.15, -0.1) is 0 Å². The van der Waals surface area contributed by atoms with Crippen molar-refractivity contribution in [3.8, 4) is 11.3 Å². The molecule has 1 unspecified atom stereocenters. The number of hydrogen-bond donors (Lipinski definition) is 1. The van der Waals surface area contributed by atoms with Crippen molar-refractivity contribution in [2.45, 2.75) is 26.3 Å². The lowest BCUT2D eigenvalue weighted by atomic mass is 10.0. The summed E-state index contributed by atoms with van der Waals surface area (Å²) < 4.78 is 10.1. The molecule has 116 valence electrons. The van der Waals surface area contributed by atoms with Gasteiger partial charge in [-0.2, -0.15) is 0 Å². The molecule has 0 fully saturated rings. The van der Waals surface area contributed by atoms with Gasteiger partial charge in [0.2, 0.25) is 11.7 Å². The zero-order valence-corrected chi connectivity index (χ0v) is 12.9. The average Bonchev–Trinajstić information content (AvgIpc) is 2.96. The van der Waals surface area contributed by atoms with Crippen LogP contribution in [0.25, 0.3) is 11.3 Å². The number of benzene rings is 1. The smallest absolute Gasteiger partial charge is 0.373 e. The number of carbonyl (C=O) groups is 2. The Balaban J connectivity index is 2.07. The molecule has 1 atom stereocenters. The summed E-state index contributed by atoms with van der Waals surface area (Å²) in [6.07, 6.45) is 0.755. The summed E-state index contributed by atoms with van der Waals surface area (Å²) in [5.41, 5.74) is 2.00. The number of hydrogen-bond acceptors (Lipinski definition) is 4. The zero-order valence-electron chi connectivity index (χ0n) is 12.9. The highest BCUT2D eigenvalue weighted by molar-refractivity contribution is 5.87. The van der Waals surface area contributed by atoms with Crippen LogP contribution in [0.2, 0.25) is 0 Å². The van der Waals surface area contributed by atoms with Crippen LogP contribution >= 0.6 is 0 Å². The van der Waals surface area contributed by atoms with Crippen molar-refractivity contribution in [3.05, 3.63) is 47.7 Å². The van der Waals surface area contributed by atoms with Crippen LogP contribution in [0.4, 0.5) is 0 Å². The highest BCUT2D eigenvalue weighted by Crippen LogP contribution is 2.23. The lowest BCUT2D eigenvalue weighted by Crippen LogP contribution is -2.31. The lowest BCUT2D eigenvalue weighted by molar-refractivity contribution is -0.119. The summed E-state index contributed by atoms with van der Waals surface area (Å²) in [4.78, 5) is 22.4. The van der Waals surface area contributed by atoms with Crippen molar-refractivity contribution in [1.29, 1.82) is 0 Å². The number of carbonyl (C=O) groups excluding carboxylic acids is 2. The molecular formula is C17H19NO4. The van der Waals surface area contributed by atoms with Gasteiger partial charge < -0.3 is 14.5 Å². The number of furan rings is 1. The Morgan fingerprint density at radius 1 is 1.18 bits per heavy atom. The summed E-state index contributed by atoms with van der Waals surface area (Å²) in [5, 5.41) is 2.85. The maximum Gasteiger partial charge on any atom is 0.373 e. The van der Waals surface area contributed by atoms with Crippen LogP contribution in [-0.2, 0) is 16.0 Å². The lowest BCUT2D eigenvalue weighted by Gasteiger charge is -2.12. The predicted octanol–water partition coefficient (Wildman–Crippen LogP) is 2.80. The van der Waals surface area contributed by atoms with Gasteiger partial charge in [0.25, 0.3) is 0 Å². The number of rotatable bonds is 5. The molecule has 2 aromatic rings. The van der Waals surface area contributed by atoms with Crippen LogP contribution in [0.3, 0.4) is 0 Å². The molecule has 1 heterocycles. The molecule has 2 rings (SSSR count). The Labute approximate surface area is 129 Å². The van der Waals surface area contributed by atoms with Crippen molar-refractivity contribution in [2.24, 2.45) is 0 Å². The number of methoxy groups -OCH3 is 1. The van der Waals surface area contributed by atoms with E-state index in [1.54, 1.807) is 12.1 Å². The van der Waals surface area contributed by atoms with E-state index in [-0.39, 0.29) is 17.7 Å². The van der Waals surface area contributed by atoms with E-state index in [1.165, 1.54) is 14.0 Å². The normalized spacial score (nSPS) is 11.8. The maximum absolute atomic E-state index is 11.4. The maximum atomic E-state index is 11.4. The van der Waals surface area contributed by atoms with Crippen molar-refractivity contribution >= 4 is 11.9 Å². The molecule has 0 aliphatic heterocycles. The SMILES string of the molecule is COC(=O)c1ccc(-c2ccc(CC(C)NC(C)=O)cc2)o1. The second-order valence-electron chi connectivity index (χ2n) is 5.16. The van der Waals surface area contributed by atoms with Gasteiger partial charge >= 0.3 is 5.97 Å². The van der Waals surface area contributed by atoms with Gasteiger partial charge in [0.05, 0.1) is 7.11 Å². The molecule has 0 saturated carbocycles. The molecule has 1 N–H and O–H groups in total. The fourth-order valence-electron chi connectivity index (χ4n) is 2.26. The van der Waals surface area contributed by atoms with Gasteiger partial charge in [0.1, 0.15) is 5.76 Å². The van der Waals surface area contributed by atoms with Gasteiger partial charge in [-0.25, -0.2) is 4.79 Å². The second-order valence-corrected chi connectivity index (χ2v) is 5.16. The molecule has 0 radical (unpaired) electrons. The first-order valence-electron chi connectivity index (χ1n) is 7.04. The van der Waals surface area contributed by atoms with Crippen molar-refractivity contribution in [1.82, 2.24) is 5.32 Å². The third kappa shape index (κ3) is 3.97. The largest absolute Gasteiger partial charge is 0.463 e. The first-order chi connectivity index (χ1) is 10.5. The van der Waals surface area contributed by atoms with Gasteiger partial charge in [0, 0.05) is 18.5 Å². The number of nitrogens with one attached hydrogen (secondary N) is 1. The summed E-state index contributed by atoms with van der Waals surface area (Å²) in [7, 11) is 1.32.